The summed E-state index contributed by atoms with van der Waals surface area (Å²) in [4.78, 5) is 20.1. The maximum Gasteiger partial charge on any atom is 0.296 e. The first-order valence-corrected chi connectivity index (χ1v) is 4.23. The van der Waals surface area contributed by atoms with Crippen molar-refractivity contribution in [3.05, 3.63) is 39.2 Å². The summed E-state index contributed by atoms with van der Waals surface area (Å²) in [5.41, 5.74) is 0.216. The Labute approximate surface area is 89.0 Å². The number of benzene rings is 1. The van der Waals surface area contributed by atoms with E-state index in [0.29, 0.717) is 0 Å². The fourth-order valence-corrected chi connectivity index (χ4v) is 1.07. The van der Waals surface area contributed by atoms with E-state index in [-0.39, 0.29) is 10.7 Å². The Bertz CT molecular complexity index is 411. The van der Waals surface area contributed by atoms with Crippen LogP contribution >= 0.6 is 11.6 Å². The lowest BCUT2D eigenvalue weighted by molar-refractivity contribution is -0.467. The molecule has 1 aromatic carbocycles. The van der Waals surface area contributed by atoms with Gasteiger partial charge < -0.3 is 5.32 Å². The predicted molar refractivity (Wildman–Crippen MR) is 51.9 cm³/mol. The van der Waals surface area contributed by atoms with Crippen LogP contribution in [0.4, 0.5) is 10.1 Å². The van der Waals surface area contributed by atoms with Gasteiger partial charge in [0, 0.05) is 10.6 Å². The van der Waals surface area contributed by atoms with Crippen molar-refractivity contribution in [3.63, 3.8) is 0 Å². The second kappa shape index (κ2) is 4.70. The molecule has 0 spiro atoms. The normalized spacial score (nSPS) is 9.73. The highest BCUT2D eigenvalue weighted by Crippen LogP contribution is 2.19. The topological polar surface area (TPSA) is 72.2 Å². The van der Waals surface area contributed by atoms with Gasteiger partial charge in [-0.05, 0) is 18.2 Å². The first-order chi connectivity index (χ1) is 6.99. The van der Waals surface area contributed by atoms with Gasteiger partial charge in [0.1, 0.15) is 5.82 Å². The second-order valence-electron chi connectivity index (χ2n) is 2.67. The molecule has 0 saturated heterocycles. The van der Waals surface area contributed by atoms with E-state index >= 15 is 0 Å². The van der Waals surface area contributed by atoms with Crippen LogP contribution in [0.15, 0.2) is 18.2 Å². The lowest BCUT2D eigenvalue weighted by Crippen LogP contribution is -2.21. The Morgan fingerprint density at radius 3 is 2.80 bits per heavy atom. The van der Waals surface area contributed by atoms with Gasteiger partial charge in [0.15, 0.2) is 0 Å². The third-order valence-electron chi connectivity index (χ3n) is 1.48. The first-order valence-electron chi connectivity index (χ1n) is 3.86. The molecule has 0 unspecified atom stereocenters. The predicted octanol–water partition coefficient (Wildman–Crippen LogP) is 1.69. The van der Waals surface area contributed by atoms with Gasteiger partial charge in [0.2, 0.25) is 0 Å². The van der Waals surface area contributed by atoms with Crippen LogP contribution in [0.25, 0.3) is 0 Å². The number of carbonyl (C=O) groups excluding carboxylic acids is 1. The summed E-state index contributed by atoms with van der Waals surface area (Å²) >= 11 is 5.44. The zero-order valence-electron chi connectivity index (χ0n) is 7.37. The Hall–Kier alpha value is -1.69. The van der Waals surface area contributed by atoms with Crippen molar-refractivity contribution in [3.8, 4) is 0 Å². The molecular formula is C8H6ClFN2O3. The van der Waals surface area contributed by atoms with Crippen LogP contribution in [0.2, 0.25) is 5.02 Å². The maximum absolute atomic E-state index is 12.7. The summed E-state index contributed by atoms with van der Waals surface area (Å²) in [5, 5.41) is 12.0. The number of hydrogen-bond acceptors (Lipinski definition) is 3. The molecule has 0 aromatic heterocycles. The highest BCUT2D eigenvalue weighted by molar-refractivity contribution is 6.31. The Kier molecular flexibility index (Phi) is 3.56. The number of carbonyl (C=O) groups is 1. The summed E-state index contributed by atoms with van der Waals surface area (Å²) in [5.74, 6) is -1.41. The summed E-state index contributed by atoms with van der Waals surface area (Å²) in [6, 6.07) is 3.50. The van der Waals surface area contributed by atoms with Gasteiger partial charge in [-0.1, -0.05) is 11.6 Å². The third kappa shape index (κ3) is 3.51. The number of halogens is 2. The Morgan fingerprint density at radius 2 is 2.27 bits per heavy atom. The van der Waals surface area contributed by atoms with Gasteiger partial charge in [0.25, 0.3) is 12.5 Å². The SMILES string of the molecule is O=C(C[N+](=O)[O-])Nc1ccc(F)c(Cl)c1. The van der Waals surface area contributed by atoms with Crippen LogP contribution in [0.5, 0.6) is 0 Å². The first kappa shape index (κ1) is 11.4. The fourth-order valence-electron chi connectivity index (χ4n) is 0.892. The molecule has 0 radical (unpaired) electrons. The number of nitrogens with zero attached hydrogens (tertiary/aromatic N) is 1. The van der Waals surface area contributed by atoms with Crippen molar-refractivity contribution in [1.29, 1.82) is 0 Å². The molecular weight excluding hydrogens is 227 g/mol. The second-order valence-corrected chi connectivity index (χ2v) is 3.08. The lowest BCUT2D eigenvalue weighted by atomic mass is 10.3. The molecule has 0 aliphatic heterocycles. The van der Waals surface area contributed by atoms with Gasteiger partial charge in [-0.25, -0.2) is 4.39 Å². The van der Waals surface area contributed by atoms with E-state index in [1.807, 2.05) is 0 Å². The van der Waals surface area contributed by atoms with Crippen molar-refractivity contribution >= 4 is 23.2 Å². The van der Waals surface area contributed by atoms with Crippen LogP contribution in [-0.2, 0) is 4.79 Å². The average molecular weight is 233 g/mol. The summed E-state index contributed by atoms with van der Waals surface area (Å²) in [6.45, 7) is -0.838. The molecule has 80 valence electrons. The van der Waals surface area contributed by atoms with Gasteiger partial charge in [-0.2, -0.15) is 0 Å². The number of anilines is 1. The molecule has 0 saturated carbocycles. The van der Waals surface area contributed by atoms with Crippen LogP contribution in [-0.4, -0.2) is 17.4 Å². The Morgan fingerprint density at radius 1 is 1.60 bits per heavy atom. The number of rotatable bonds is 3. The molecule has 1 aromatic rings. The van der Waals surface area contributed by atoms with Crippen LogP contribution in [0.1, 0.15) is 0 Å². The molecule has 0 fully saturated rings. The quantitative estimate of drug-likeness (QED) is 0.637. The highest BCUT2D eigenvalue weighted by atomic mass is 35.5. The molecule has 15 heavy (non-hydrogen) atoms. The minimum Gasteiger partial charge on any atom is -0.320 e. The number of nitro groups is 1. The lowest BCUT2D eigenvalue weighted by Gasteiger charge is -2.02. The van der Waals surface area contributed by atoms with Crippen molar-refractivity contribution in [2.75, 3.05) is 11.9 Å². The van der Waals surface area contributed by atoms with Gasteiger partial charge >= 0.3 is 0 Å². The van der Waals surface area contributed by atoms with Gasteiger partial charge in [-0.3, -0.25) is 14.9 Å². The maximum atomic E-state index is 12.7. The summed E-state index contributed by atoms with van der Waals surface area (Å²) in [7, 11) is 0. The molecule has 0 aliphatic rings. The zero-order valence-corrected chi connectivity index (χ0v) is 8.12. The molecule has 1 amide bonds. The molecule has 0 bridgehead atoms. The van der Waals surface area contributed by atoms with Crippen LogP contribution in [0, 0.1) is 15.9 Å². The smallest absolute Gasteiger partial charge is 0.296 e. The standard InChI is InChI=1S/C8H6ClFN2O3/c9-6-3-5(1-2-7(6)10)11-8(13)4-12(14)15/h1-3H,4H2,(H,11,13). The Balaban J connectivity index is 2.69. The van der Waals surface area contributed by atoms with E-state index in [9.17, 15) is 19.3 Å². The number of nitrogens with one attached hydrogen (secondary N) is 1. The van der Waals surface area contributed by atoms with E-state index in [2.05, 4.69) is 5.32 Å². The van der Waals surface area contributed by atoms with E-state index < -0.39 is 23.2 Å². The van der Waals surface area contributed by atoms with Crippen molar-refractivity contribution in [1.82, 2.24) is 0 Å². The van der Waals surface area contributed by atoms with Crippen molar-refractivity contribution in [2.45, 2.75) is 0 Å². The largest absolute Gasteiger partial charge is 0.320 e. The summed E-state index contributed by atoms with van der Waals surface area (Å²) < 4.78 is 12.7. The molecule has 1 rings (SSSR count). The molecule has 1 N–H and O–H groups in total. The molecule has 0 heterocycles. The van der Waals surface area contributed by atoms with Crippen LogP contribution in [0.3, 0.4) is 0 Å². The highest BCUT2D eigenvalue weighted by Gasteiger charge is 2.10. The third-order valence-corrected chi connectivity index (χ3v) is 1.77. The van der Waals surface area contributed by atoms with E-state index in [1.165, 1.54) is 12.1 Å². The minimum atomic E-state index is -0.838. The summed E-state index contributed by atoms with van der Waals surface area (Å²) in [6.07, 6.45) is 0. The van der Waals surface area contributed by atoms with Gasteiger partial charge in [0.05, 0.1) is 5.02 Å². The fraction of sp³-hybridized carbons (Fsp3) is 0.125. The monoisotopic (exact) mass is 232 g/mol. The number of hydrogen-bond donors (Lipinski definition) is 1. The van der Waals surface area contributed by atoms with Crippen molar-refractivity contribution < 1.29 is 14.1 Å². The van der Waals surface area contributed by atoms with E-state index in [1.54, 1.807) is 0 Å². The van der Waals surface area contributed by atoms with Crippen molar-refractivity contribution in [2.24, 2.45) is 0 Å². The van der Waals surface area contributed by atoms with Gasteiger partial charge in [-0.15, -0.1) is 0 Å². The minimum absolute atomic E-state index is 0.158. The van der Waals surface area contributed by atoms with E-state index in [4.69, 9.17) is 11.6 Å². The van der Waals surface area contributed by atoms with Crippen LogP contribution < -0.4 is 5.32 Å². The van der Waals surface area contributed by atoms with E-state index in [0.717, 1.165) is 6.07 Å². The molecule has 7 heteroatoms. The molecule has 0 atom stereocenters. The number of amides is 1. The zero-order chi connectivity index (χ0) is 11.4. The average Bonchev–Trinajstić information content (AvgIpc) is 2.10. The molecule has 5 nitrogen and oxygen atoms in total. The molecule has 0 aliphatic carbocycles.